The van der Waals surface area contributed by atoms with Crippen molar-refractivity contribution in [2.24, 2.45) is 23.7 Å². The van der Waals surface area contributed by atoms with E-state index in [1.807, 2.05) is 0 Å². The predicted molar refractivity (Wildman–Crippen MR) is 90.7 cm³/mol. The maximum atomic E-state index is 10.3. The predicted octanol–water partition coefficient (Wildman–Crippen LogP) is 4.71. The van der Waals surface area contributed by atoms with Crippen LogP contribution in [0.5, 0.6) is 0 Å². The molecule has 2 aliphatic heterocycles. The first-order valence-electron chi connectivity index (χ1n) is 9.31. The lowest BCUT2D eigenvalue weighted by Crippen LogP contribution is -2.37. The first kappa shape index (κ1) is 16.5. The molecule has 3 rings (SSSR count). The molecule has 0 saturated carbocycles. The molecule has 2 heteroatoms. The molecule has 22 heavy (non-hydrogen) atoms. The Morgan fingerprint density at radius 2 is 2.00 bits per heavy atom. The minimum absolute atomic E-state index is 0.107. The zero-order valence-corrected chi connectivity index (χ0v) is 15.1. The van der Waals surface area contributed by atoms with Gasteiger partial charge in [0.1, 0.15) is 0 Å². The fourth-order valence-electron chi connectivity index (χ4n) is 5.56. The van der Waals surface area contributed by atoms with Crippen LogP contribution in [0.4, 0.5) is 0 Å². The van der Waals surface area contributed by atoms with Crippen LogP contribution in [-0.4, -0.2) is 22.4 Å². The van der Waals surface area contributed by atoms with Gasteiger partial charge in [-0.2, -0.15) is 0 Å². The number of hydrogen-bond donors (Lipinski definition) is 1. The summed E-state index contributed by atoms with van der Waals surface area (Å²) in [6, 6.07) is 0. The van der Waals surface area contributed by atoms with Gasteiger partial charge in [0.2, 0.25) is 0 Å². The summed E-state index contributed by atoms with van der Waals surface area (Å²) in [7, 11) is 0. The number of fused-ring (bicyclic) bond motifs is 2. The van der Waals surface area contributed by atoms with Crippen molar-refractivity contribution in [3.63, 3.8) is 0 Å². The van der Waals surface area contributed by atoms with Gasteiger partial charge in [0.15, 0.2) is 0 Å². The minimum atomic E-state index is -0.231. The Morgan fingerprint density at radius 1 is 1.32 bits per heavy atom. The molecule has 3 unspecified atom stereocenters. The van der Waals surface area contributed by atoms with Gasteiger partial charge in [-0.1, -0.05) is 25.5 Å². The van der Waals surface area contributed by atoms with Crippen molar-refractivity contribution in [3.05, 3.63) is 11.6 Å². The summed E-state index contributed by atoms with van der Waals surface area (Å²) in [6.07, 6.45) is 9.07. The Bertz CT molecular complexity index is 457. The molecular weight excluding hydrogens is 272 g/mol. The third-order valence-electron chi connectivity index (χ3n) is 7.37. The number of hydrogen-bond acceptors (Lipinski definition) is 2. The SMILES string of the molecule is CC1=C[C@@H](O)C(C(C)CC[C@@H]2[C@@H](C)C3(C)CC[C@]2(C)O3)CC1. The van der Waals surface area contributed by atoms with E-state index in [-0.39, 0.29) is 17.3 Å². The van der Waals surface area contributed by atoms with Gasteiger partial charge in [0, 0.05) is 0 Å². The molecule has 0 amide bonds. The van der Waals surface area contributed by atoms with Crippen LogP contribution in [-0.2, 0) is 4.74 Å². The van der Waals surface area contributed by atoms with Gasteiger partial charge < -0.3 is 9.84 Å². The van der Waals surface area contributed by atoms with Crippen LogP contribution in [0.25, 0.3) is 0 Å². The summed E-state index contributed by atoms with van der Waals surface area (Å²) in [5.41, 5.74) is 1.58. The van der Waals surface area contributed by atoms with E-state index in [0.29, 0.717) is 23.7 Å². The molecule has 3 aliphatic rings. The maximum Gasteiger partial charge on any atom is 0.0754 e. The third-order valence-corrected chi connectivity index (χ3v) is 7.37. The van der Waals surface area contributed by atoms with Crippen LogP contribution in [0, 0.1) is 23.7 Å². The second-order valence-corrected chi connectivity index (χ2v) is 8.88. The van der Waals surface area contributed by atoms with Crippen molar-refractivity contribution in [1.29, 1.82) is 0 Å². The number of ether oxygens (including phenoxy) is 1. The third kappa shape index (κ3) is 2.67. The molecule has 0 radical (unpaired) electrons. The minimum Gasteiger partial charge on any atom is -0.389 e. The normalized spacial score (nSPS) is 49.3. The lowest BCUT2D eigenvalue weighted by Gasteiger charge is -2.36. The van der Waals surface area contributed by atoms with Gasteiger partial charge in [-0.25, -0.2) is 0 Å². The van der Waals surface area contributed by atoms with Crippen LogP contribution in [0.3, 0.4) is 0 Å². The first-order valence-corrected chi connectivity index (χ1v) is 9.31. The monoisotopic (exact) mass is 306 g/mol. The first-order chi connectivity index (χ1) is 10.3. The quantitative estimate of drug-likeness (QED) is 0.762. The average Bonchev–Trinajstić information content (AvgIpc) is 2.84. The van der Waals surface area contributed by atoms with E-state index in [0.717, 1.165) is 12.8 Å². The molecule has 2 bridgehead atoms. The Morgan fingerprint density at radius 3 is 2.59 bits per heavy atom. The smallest absolute Gasteiger partial charge is 0.0754 e. The van der Waals surface area contributed by atoms with Crippen molar-refractivity contribution < 1.29 is 9.84 Å². The Labute approximate surface area is 136 Å². The molecular formula is C20H34O2. The molecule has 0 aromatic carbocycles. The van der Waals surface area contributed by atoms with Crippen LogP contribution in [0.2, 0.25) is 0 Å². The molecule has 2 heterocycles. The van der Waals surface area contributed by atoms with E-state index in [2.05, 4.69) is 40.7 Å². The van der Waals surface area contributed by atoms with Gasteiger partial charge in [-0.05, 0) is 83.0 Å². The Kier molecular flexibility index (Phi) is 4.23. The highest BCUT2D eigenvalue weighted by Crippen LogP contribution is 2.58. The number of aliphatic hydroxyl groups is 1. The molecule has 0 spiro atoms. The number of aliphatic hydroxyl groups excluding tert-OH is 1. The van der Waals surface area contributed by atoms with Gasteiger partial charge in [0.25, 0.3) is 0 Å². The van der Waals surface area contributed by atoms with Crippen LogP contribution in [0.1, 0.15) is 73.1 Å². The van der Waals surface area contributed by atoms with E-state index in [1.165, 1.54) is 31.3 Å². The van der Waals surface area contributed by atoms with Crippen molar-refractivity contribution in [1.82, 2.24) is 0 Å². The number of allylic oxidation sites excluding steroid dienone is 1. The van der Waals surface area contributed by atoms with Crippen molar-refractivity contribution in [3.8, 4) is 0 Å². The van der Waals surface area contributed by atoms with Crippen molar-refractivity contribution >= 4 is 0 Å². The standard InChI is InChI=1S/C20H34O2/c1-13-6-8-16(18(21)12-13)14(2)7-9-17-15(3)19(4)10-11-20(17,5)22-19/h12,14-18,21H,6-11H2,1-5H3/t14?,15-,16?,17-,18-,19?,20+/m1/s1. The van der Waals surface area contributed by atoms with E-state index >= 15 is 0 Å². The molecule has 2 nitrogen and oxygen atoms in total. The molecule has 0 aromatic heterocycles. The summed E-state index contributed by atoms with van der Waals surface area (Å²) in [4.78, 5) is 0. The molecule has 2 fully saturated rings. The molecule has 1 aliphatic carbocycles. The molecule has 7 atom stereocenters. The highest BCUT2D eigenvalue weighted by Gasteiger charge is 2.60. The molecule has 1 N–H and O–H groups in total. The van der Waals surface area contributed by atoms with Crippen molar-refractivity contribution in [2.75, 3.05) is 0 Å². The largest absolute Gasteiger partial charge is 0.389 e. The van der Waals surface area contributed by atoms with Crippen LogP contribution >= 0.6 is 0 Å². The summed E-state index contributed by atoms with van der Waals surface area (Å²) in [5.74, 6) is 2.40. The second kappa shape index (κ2) is 5.63. The summed E-state index contributed by atoms with van der Waals surface area (Å²) in [5, 5.41) is 10.3. The fourth-order valence-corrected chi connectivity index (χ4v) is 5.56. The highest BCUT2D eigenvalue weighted by molar-refractivity contribution is 5.10. The topological polar surface area (TPSA) is 29.5 Å². The van der Waals surface area contributed by atoms with Crippen molar-refractivity contribution in [2.45, 2.75) is 90.4 Å². The molecule has 0 aromatic rings. The zero-order chi connectivity index (χ0) is 16.1. The highest BCUT2D eigenvalue weighted by atomic mass is 16.5. The summed E-state index contributed by atoms with van der Waals surface area (Å²) >= 11 is 0. The summed E-state index contributed by atoms with van der Waals surface area (Å²) in [6.45, 7) is 11.5. The lowest BCUT2D eigenvalue weighted by atomic mass is 9.66. The second-order valence-electron chi connectivity index (χ2n) is 8.88. The number of rotatable bonds is 4. The average molecular weight is 306 g/mol. The van der Waals surface area contributed by atoms with Crippen LogP contribution in [0.15, 0.2) is 11.6 Å². The van der Waals surface area contributed by atoms with E-state index < -0.39 is 0 Å². The van der Waals surface area contributed by atoms with E-state index in [9.17, 15) is 5.11 Å². The lowest BCUT2D eigenvalue weighted by molar-refractivity contribution is -0.0434. The fraction of sp³-hybridized carbons (Fsp3) is 0.900. The Balaban J connectivity index is 1.59. The van der Waals surface area contributed by atoms with Gasteiger partial charge >= 0.3 is 0 Å². The molecule has 126 valence electrons. The maximum absolute atomic E-state index is 10.3. The summed E-state index contributed by atoms with van der Waals surface area (Å²) < 4.78 is 6.43. The van der Waals surface area contributed by atoms with E-state index in [4.69, 9.17) is 4.74 Å². The molecule has 2 saturated heterocycles. The van der Waals surface area contributed by atoms with Gasteiger partial charge in [-0.3, -0.25) is 0 Å². The zero-order valence-electron chi connectivity index (χ0n) is 15.1. The van der Waals surface area contributed by atoms with Crippen LogP contribution < -0.4 is 0 Å². The Hall–Kier alpha value is -0.340. The van der Waals surface area contributed by atoms with Gasteiger partial charge in [0.05, 0.1) is 17.3 Å². The van der Waals surface area contributed by atoms with Gasteiger partial charge in [-0.15, -0.1) is 0 Å². The van der Waals surface area contributed by atoms with E-state index in [1.54, 1.807) is 0 Å².